The average Bonchev–Trinajstić information content (AvgIpc) is 2.43. The van der Waals surface area contributed by atoms with Gasteiger partial charge in [-0.15, -0.1) is 0 Å². The van der Waals surface area contributed by atoms with Crippen LogP contribution in [0.3, 0.4) is 0 Å². The first-order valence-corrected chi connectivity index (χ1v) is 7.76. The molecule has 7 heteroatoms. The van der Waals surface area contributed by atoms with Gasteiger partial charge in [-0.3, -0.25) is 10.1 Å². The zero-order chi connectivity index (χ0) is 16.1. The van der Waals surface area contributed by atoms with E-state index >= 15 is 0 Å². The van der Waals surface area contributed by atoms with E-state index in [0.29, 0.717) is 29.4 Å². The maximum atomic E-state index is 10.8. The molecule has 1 aliphatic heterocycles. The molecule has 1 aromatic heterocycles. The van der Waals surface area contributed by atoms with Crippen molar-refractivity contribution in [3.63, 3.8) is 0 Å². The molecule has 2 rings (SSSR count). The minimum absolute atomic E-state index is 0.418. The highest BCUT2D eigenvalue weighted by atomic mass is 35.5. The van der Waals surface area contributed by atoms with Crippen LogP contribution in [-0.4, -0.2) is 27.9 Å². The molecule has 0 spiro atoms. The van der Waals surface area contributed by atoms with Gasteiger partial charge in [-0.2, -0.15) is 0 Å². The summed E-state index contributed by atoms with van der Waals surface area (Å²) < 4.78 is 0. The number of nitrogens with zero attached hydrogens (tertiary/aromatic N) is 3. The number of hydrogen-bond acceptors (Lipinski definition) is 5. The SMILES string of the molecule is CC(C)CC1CN/C(=C/[N+](=O)[O-])N(Cc2ccc(Cl)nc2)C1. The highest BCUT2D eigenvalue weighted by Crippen LogP contribution is 2.21. The van der Waals surface area contributed by atoms with E-state index in [4.69, 9.17) is 11.6 Å². The average molecular weight is 325 g/mol. The lowest BCUT2D eigenvalue weighted by Crippen LogP contribution is -2.45. The molecule has 0 radical (unpaired) electrons. The smallest absolute Gasteiger partial charge is 0.274 e. The minimum atomic E-state index is -0.418. The monoisotopic (exact) mass is 324 g/mol. The molecule has 1 aromatic rings. The molecule has 2 heterocycles. The van der Waals surface area contributed by atoms with Crippen molar-refractivity contribution in [2.45, 2.75) is 26.8 Å². The van der Waals surface area contributed by atoms with Gasteiger partial charge in [-0.05, 0) is 29.9 Å². The van der Waals surface area contributed by atoms with E-state index in [1.54, 1.807) is 12.3 Å². The van der Waals surface area contributed by atoms with Gasteiger partial charge in [0.15, 0.2) is 5.82 Å². The van der Waals surface area contributed by atoms with Crippen LogP contribution < -0.4 is 5.32 Å². The number of rotatable bonds is 5. The summed E-state index contributed by atoms with van der Waals surface area (Å²) in [5, 5.41) is 14.4. The summed E-state index contributed by atoms with van der Waals surface area (Å²) in [6.07, 6.45) is 3.83. The Labute approximate surface area is 135 Å². The molecule has 0 bridgehead atoms. The summed E-state index contributed by atoms with van der Waals surface area (Å²) >= 11 is 5.79. The molecule has 0 aliphatic carbocycles. The van der Waals surface area contributed by atoms with Crippen LogP contribution in [0.15, 0.2) is 30.4 Å². The van der Waals surface area contributed by atoms with Gasteiger partial charge in [0.1, 0.15) is 5.15 Å². The zero-order valence-corrected chi connectivity index (χ0v) is 13.6. The number of nitro groups is 1. The quantitative estimate of drug-likeness (QED) is 0.512. The summed E-state index contributed by atoms with van der Waals surface area (Å²) in [5.41, 5.74) is 0.977. The highest BCUT2D eigenvalue weighted by molar-refractivity contribution is 6.29. The lowest BCUT2D eigenvalue weighted by atomic mass is 9.95. The van der Waals surface area contributed by atoms with Gasteiger partial charge in [-0.1, -0.05) is 31.5 Å². The highest BCUT2D eigenvalue weighted by Gasteiger charge is 2.25. The minimum Gasteiger partial charge on any atom is -0.366 e. The Hall–Kier alpha value is -1.82. The second kappa shape index (κ2) is 7.45. The van der Waals surface area contributed by atoms with Crippen LogP contribution in [0.2, 0.25) is 5.15 Å². The Morgan fingerprint density at radius 1 is 1.59 bits per heavy atom. The molecule has 1 aliphatic rings. The molecule has 1 N–H and O–H groups in total. The largest absolute Gasteiger partial charge is 0.366 e. The third-order valence-corrected chi connectivity index (χ3v) is 3.81. The number of hydrogen-bond donors (Lipinski definition) is 1. The van der Waals surface area contributed by atoms with Crippen LogP contribution in [0, 0.1) is 22.0 Å². The first kappa shape index (κ1) is 16.5. The number of halogens is 1. The normalized spacial score (nSPS) is 20.3. The molecule has 0 saturated carbocycles. The van der Waals surface area contributed by atoms with Gasteiger partial charge in [0, 0.05) is 25.8 Å². The number of aromatic nitrogens is 1. The summed E-state index contributed by atoms with van der Waals surface area (Å²) in [4.78, 5) is 16.5. The second-order valence-corrected chi connectivity index (χ2v) is 6.43. The van der Waals surface area contributed by atoms with Crippen LogP contribution in [0.25, 0.3) is 0 Å². The third kappa shape index (κ3) is 4.87. The Morgan fingerprint density at radius 2 is 2.36 bits per heavy atom. The van der Waals surface area contributed by atoms with Crippen molar-refractivity contribution in [2.24, 2.45) is 11.8 Å². The van der Waals surface area contributed by atoms with Crippen LogP contribution in [0.4, 0.5) is 0 Å². The fourth-order valence-electron chi connectivity index (χ4n) is 2.76. The van der Waals surface area contributed by atoms with Crippen molar-refractivity contribution >= 4 is 11.6 Å². The van der Waals surface area contributed by atoms with Crippen LogP contribution >= 0.6 is 11.6 Å². The molecule has 1 saturated heterocycles. The predicted octanol–water partition coefficient (Wildman–Crippen LogP) is 2.88. The summed E-state index contributed by atoms with van der Waals surface area (Å²) in [7, 11) is 0. The van der Waals surface area contributed by atoms with Crippen molar-refractivity contribution in [3.05, 3.63) is 51.2 Å². The van der Waals surface area contributed by atoms with Crippen molar-refractivity contribution in [1.82, 2.24) is 15.2 Å². The third-order valence-electron chi connectivity index (χ3n) is 3.59. The van der Waals surface area contributed by atoms with E-state index < -0.39 is 4.92 Å². The molecule has 1 fully saturated rings. The molecule has 22 heavy (non-hydrogen) atoms. The molecular weight excluding hydrogens is 304 g/mol. The van der Waals surface area contributed by atoms with Crippen molar-refractivity contribution < 1.29 is 4.92 Å². The van der Waals surface area contributed by atoms with Gasteiger partial charge < -0.3 is 10.2 Å². The Bertz CT molecular complexity index is 545. The second-order valence-electron chi connectivity index (χ2n) is 6.05. The van der Waals surface area contributed by atoms with Gasteiger partial charge in [0.05, 0.1) is 4.92 Å². The summed E-state index contributed by atoms with van der Waals surface area (Å²) in [5.74, 6) is 1.64. The van der Waals surface area contributed by atoms with Gasteiger partial charge in [-0.25, -0.2) is 4.98 Å². The topological polar surface area (TPSA) is 71.3 Å². The van der Waals surface area contributed by atoms with Crippen LogP contribution in [0.5, 0.6) is 0 Å². The van der Waals surface area contributed by atoms with E-state index in [1.807, 2.05) is 11.0 Å². The van der Waals surface area contributed by atoms with Crippen molar-refractivity contribution in [2.75, 3.05) is 13.1 Å². The summed E-state index contributed by atoms with van der Waals surface area (Å²) in [6, 6.07) is 3.63. The zero-order valence-electron chi connectivity index (χ0n) is 12.8. The molecular formula is C15H21ClN4O2. The first-order chi connectivity index (χ1) is 10.4. The molecule has 1 atom stereocenters. The first-order valence-electron chi connectivity index (χ1n) is 7.38. The Morgan fingerprint density at radius 3 is 2.95 bits per heavy atom. The maximum Gasteiger partial charge on any atom is 0.274 e. The summed E-state index contributed by atoms with van der Waals surface area (Å²) in [6.45, 7) is 6.53. The molecule has 120 valence electrons. The molecule has 1 unspecified atom stereocenters. The molecule has 0 aromatic carbocycles. The maximum absolute atomic E-state index is 10.8. The van der Waals surface area contributed by atoms with Gasteiger partial charge >= 0.3 is 0 Å². The Kier molecular flexibility index (Phi) is 5.60. The Balaban J connectivity index is 2.12. The van der Waals surface area contributed by atoms with E-state index in [9.17, 15) is 10.1 Å². The van der Waals surface area contributed by atoms with Crippen molar-refractivity contribution in [1.29, 1.82) is 0 Å². The molecule has 6 nitrogen and oxygen atoms in total. The predicted molar refractivity (Wildman–Crippen MR) is 85.7 cm³/mol. The number of pyridine rings is 1. The van der Waals surface area contributed by atoms with E-state index in [0.717, 1.165) is 31.3 Å². The van der Waals surface area contributed by atoms with E-state index in [-0.39, 0.29) is 0 Å². The van der Waals surface area contributed by atoms with Crippen LogP contribution in [0.1, 0.15) is 25.8 Å². The van der Waals surface area contributed by atoms with Gasteiger partial charge in [0.25, 0.3) is 6.20 Å². The lowest BCUT2D eigenvalue weighted by Gasteiger charge is -2.36. The fourth-order valence-corrected chi connectivity index (χ4v) is 2.87. The molecule has 0 amide bonds. The fraction of sp³-hybridized carbons (Fsp3) is 0.533. The van der Waals surface area contributed by atoms with Gasteiger partial charge in [0.2, 0.25) is 0 Å². The van der Waals surface area contributed by atoms with E-state index in [2.05, 4.69) is 24.1 Å². The lowest BCUT2D eigenvalue weighted by molar-refractivity contribution is -0.405. The van der Waals surface area contributed by atoms with Crippen LogP contribution in [-0.2, 0) is 6.54 Å². The number of nitrogens with one attached hydrogen (secondary N) is 1. The van der Waals surface area contributed by atoms with E-state index in [1.165, 1.54) is 0 Å². The van der Waals surface area contributed by atoms with Crippen molar-refractivity contribution in [3.8, 4) is 0 Å². The standard InChI is InChI=1S/C15H21ClN4O2/c1-11(2)5-13-7-18-15(10-20(21)22)19(9-13)8-12-3-4-14(16)17-6-12/h3-4,6,10-11,13,18H,5,7-9H2,1-2H3/b15-10-.